The molecule has 0 aliphatic rings. The molecule has 0 unspecified atom stereocenters. The molecule has 0 bridgehead atoms. The third-order valence-electron chi connectivity index (χ3n) is 5.31. The van der Waals surface area contributed by atoms with Crippen molar-refractivity contribution in [2.75, 3.05) is 0 Å². The fourth-order valence-electron chi connectivity index (χ4n) is 3.69. The highest BCUT2D eigenvalue weighted by Crippen LogP contribution is 2.22. The van der Waals surface area contributed by atoms with E-state index >= 15 is 0 Å². The molecule has 34 heavy (non-hydrogen) atoms. The van der Waals surface area contributed by atoms with E-state index in [4.69, 9.17) is 4.42 Å². The number of hydrogen-bond acceptors (Lipinski definition) is 5. The van der Waals surface area contributed by atoms with Crippen LogP contribution in [0.15, 0.2) is 58.4 Å². The van der Waals surface area contributed by atoms with Crippen molar-refractivity contribution in [3.05, 3.63) is 71.4 Å². The summed E-state index contributed by atoms with van der Waals surface area (Å²) in [7, 11) is -3.70. The molecule has 2 heterocycles. The Balaban J connectivity index is 1.95. The summed E-state index contributed by atoms with van der Waals surface area (Å²) in [5, 5.41) is 2.94. The van der Waals surface area contributed by atoms with E-state index in [0.29, 0.717) is 18.0 Å². The van der Waals surface area contributed by atoms with Crippen molar-refractivity contribution in [1.82, 2.24) is 19.8 Å². The maximum atomic E-state index is 13.4. The highest BCUT2D eigenvalue weighted by atomic mass is 32.2. The topological polar surface area (TPSA) is 97.4 Å². The molecule has 0 spiro atoms. The van der Waals surface area contributed by atoms with E-state index in [1.165, 1.54) is 0 Å². The summed E-state index contributed by atoms with van der Waals surface area (Å²) in [5.41, 5.74) is 2.32. The summed E-state index contributed by atoms with van der Waals surface area (Å²) in [6.07, 6.45) is 3.12. The van der Waals surface area contributed by atoms with Gasteiger partial charge in [0.05, 0.1) is 37.0 Å². The van der Waals surface area contributed by atoms with E-state index in [1.807, 2.05) is 58.9 Å². The lowest BCUT2D eigenvalue weighted by atomic mass is 10.1. The number of urea groups is 1. The standard InChI is InChI=1S/C25H34N4O4S/c1-18(2)14-29-22(15-28(24(30)27-19(3)4)16-23-11-8-12-33-23)13-26-25(29)34(31,32)17-21-10-7-6-9-20(21)5/h6-13,18-19H,14-17H2,1-5H3,(H,27,30). The van der Waals surface area contributed by atoms with Gasteiger partial charge in [0.1, 0.15) is 5.76 Å². The Bertz CT molecular complexity index is 1200. The molecule has 0 saturated carbocycles. The summed E-state index contributed by atoms with van der Waals surface area (Å²) in [5.74, 6) is 0.697. The number of imidazole rings is 1. The number of nitrogens with one attached hydrogen (secondary N) is 1. The zero-order valence-electron chi connectivity index (χ0n) is 20.5. The van der Waals surface area contributed by atoms with Crippen molar-refractivity contribution in [2.24, 2.45) is 5.92 Å². The Labute approximate surface area is 201 Å². The van der Waals surface area contributed by atoms with Gasteiger partial charge in [-0.25, -0.2) is 18.2 Å². The number of carbonyl (C=O) groups excluding carboxylic acids is 1. The molecule has 8 nitrogen and oxygen atoms in total. The quantitative estimate of drug-likeness (QED) is 0.454. The van der Waals surface area contributed by atoms with Gasteiger partial charge in [0.2, 0.25) is 15.0 Å². The second kappa shape index (κ2) is 10.9. The van der Waals surface area contributed by atoms with Gasteiger partial charge in [0.15, 0.2) is 0 Å². The molecule has 0 aliphatic carbocycles. The molecule has 3 rings (SSSR count). The fourth-order valence-corrected chi connectivity index (χ4v) is 5.30. The summed E-state index contributed by atoms with van der Waals surface area (Å²) >= 11 is 0. The van der Waals surface area contributed by atoms with Crippen LogP contribution in [0.25, 0.3) is 0 Å². The smallest absolute Gasteiger partial charge is 0.318 e. The Kier molecular flexibility index (Phi) is 8.19. The Hall–Kier alpha value is -3.07. The van der Waals surface area contributed by atoms with Crippen LogP contribution in [0.5, 0.6) is 0 Å². The first kappa shape index (κ1) is 25.6. The SMILES string of the molecule is Cc1ccccc1CS(=O)(=O)c1ncc(CN(Cc2ccco2)C(=O)NC(C)C)n1CC(C)C. The molecule has 0 aliphatic heterocycles. The summed E-state index contributed by atoms with van der Waals surface area (Å²) < 4.78 is 34.0. The van der Waals surface area contributed by atoms with Crippen LogP contribution < -0.4 is 5.32 Å². The molecule has 9 heteroatoms. The average molecular weight is 487 g/mol. The molecule has 0 saturated heterocycles. The molecule has 1 N–H and O–H groups in total. The Morgan fingerprint density at radius 3 is 2.47 bits per heavy atom. The maximum absolute atomic E-state index is 13.4. The molecule has 2 amide bonds. The Morgan fingerprint density at radius 1 is 1.12 bits per heavy atom. The molecular formula is C25H34N4O4S. The van der Waals surface area contributed by atoms with E-state index in [0.717, 1.165) is 11.1 Å². The van der Waals surface area contributed by atoms with Crippen molar-refractivity contribution in [1.29, 1.82) is 0 Å². The fraction of sp³-hybridized carbons (Fsp3) is 0.440. The van der Waals surface area contributed by atoms with Crippen LogP contribution in [0.3, 0.4) is 0 Å². The normalized spacial score (nSPS) is 11.9. The molecule has 0 fully saturated rings. The molecule has 184 valence electrons. The van der Waals surface area contributed by atoms with Crippen molar-refractivity contribution in [3.8, 4) is 0 Å². The van der Waals surface area contributed by atoms with Crippen LogP contribution in [0.1, 0.15) is 50.3 Å². The van der Waals surface area contributed by atoms with E-state index < -0.39 is 9.84 Å². The number of amides is 2. The second-order valence-electron chi connectivity index (χ2n) is 9.26. The van der Waals surface area contributed by atoms with Gasteiger partial charge in [-0.2, -0.15) is 0 Å². The lowest BCUT2D eigenvalue weighted by Gasteiger charge is -2.24. The number of sulfone groups is 1. The molecule has 2 aromatic heterocycles. The number of hydrogen-bond donors (Lipinski definition) is 1. The first-order chi connectivity index (χ1) is 16.1. The second-order valence-corrected chi connectivity index (χ2v) is 11.1. The monoisotopic (exact) mass is 486 g/mol. The maximum Gasteiger partial charge on any atom is 0.318 e. The number of carbonyl (C=O) groups is 1. The van der Waals surface area contributed by atoms with Gasteiger partial charge in [-0.1, -0.05) is 38.1 Å². The van der Waals surface area contributed by atoms with Crippen LogP contribution in [0.4, 0.5) is 4.79 Å². The predicted molar refractivity (Wildman–Crippen MR) is 131 cm³/mol. The van der Waals surface area contributed by atoms with Crippen LogP contribution in [0, 0.1) is 12.8 Å². The summed E-state index contributed by atoms with van der Waals surface area (Å²) in [6.45, 7) is 10.6. The van der Waals surface area contributed by atoms with Crippen molar-refractivity contribution >= 4 is 15.9 Å². The van der Waals surface area contributed by atoms with Gasteiger partial charge >= 0.3 is 6.03 Å². The van der Waals surface area contributed by atoms with Crippen molar-refractivity contribution in [2.45, 2.75) is 71.2 Å². The number of aryl methyl sites for hydroxylation is 1. The third kappa shape index (κ3) is 6.50. The molecule has 3 aromatic rings. The van der Waals surface area contributed by atoms with Crippen LogP contribution in [-0.4, -0.2) is 34.9 Å². The van der Waals surface area contributed by atoms with Gasteiger partial charge < -0.3 is 19.2 Å². The van der Waals surface area contributed by atoms with Gasteiger partial charge in [0, 0.05) is 12.6 Å². The van der Waals surface area contributed by atoms with Crippen LogP contribution in [0.2, 0.25) is 0 Å². The third-order valence-corrected chi connectivity index (χ3v) is 6.89. The number of benzene rings is 1. The van der Waals surface area contributed by atoms with Crippen LogP contribution >= 0.6 is 0 Å². The van der Waals surface area contributed by atoms with E-state index in [2.05, 4.69) is 10.3 Å². The lowest BCUT2D eigenvalue weighted by Crippen LogP contribution is -2.42. The first-order valence-electron chi connectivity index (χ1n) is 11.5. The van der Waals surface area contributed by atoms with Crippen molar-refractivity contribution in [3.63, 3.8) is 0 Å². The van der Waals surface area contributed by atoms with E-state index in [1.54, 1.807) is 34.1 Å². The minimum Gasteiger partial charge on any atom is -0.467 e. The van der Waals surface area contributed by atoms with Gasteiger partial charge in [0.25, 0.3) is 0 Å². The average Bonchev–Trinajstić information content (AvgIpc) is 3.39. The van der Waals surface area contributed by atoms with E-state index in [-0.39, 0.29) is 42.0 Å². The molecule has 0 atom stereocenters. The highest BCUT2D eigenvalue weighted by molar-refractivity contribution is 7.90. The highest BCUT2D eigenvalue weighted by Gasteiger charge is 2.27. The zero-order valence-corrected chi connectivity index (χ0v) is 21.3. The van der Waals surface area contributed by atoms with Gasteiger partial charge in [-0.3, -0.25) is 0 Å². The minimum absolute atomic E-state index is 0.0293. The molecular weight excluding hydrogens is 452 g/mol. The Morgan fingerprint density at radius 2 is 1.85 bits per heavy atom. The van der Waals surface area contributed by atoms with Crippen molar-refractivity contribution < 1.29 is 17.6 Å². The lowest BCUT2D eigenvalue weighted by molar-refractivity contribution is 0.183. The molecule has 0 radical (unpaired) electrons. The zero-order chi connectivity index (χ0) is 24.9. The van der Waals surface area contributed by atoms with Gasteiger partial charge in [-0.15, -0.1) is 0 Å². The number of aromatic nitrogens is 2. The number of rotatable bonds is 10. The predicted octanol–water partition coefficient (Wildman–Crippen LogP) is 4.53. The van der Waals surface area contributed by atoms with E-state index in [9.17, 15) is 13.2 Å². The summed E-state index contributed by atoms with van der Waals surface area (Å²) in [6, 6.07) is 10.7. The number of nitrogens with zero attached hydrogens (tertiary/aromatic N) is 3. The first-order valence-corrected chi connectivity index (χ1v) is 13.1. The summed E-state index contributed by atoms with van der Waals surface area (Å²) in [4.78, 5) is 18.9. The largest absolute Gasteiger partial charge is 0.467 e. The minimum atomic E-state index is -3.70. The number of furan rings is 1. The van der Waals surface area contributed by atoms with Crippen LogP contribution in [-0.2, 0) is 35.2 Å². The van der Waals surface area contributed by atoms with Gasteiger partial charge in [-0.05, 0) is 49.9 Å². The molecule has 1 aromatic carbocycles.